The van der Waals surface area contributed by atoms with E-state index >= 15 is 0 Å². The lowest BCUT2D eigenvalue weighted by atomic mass is 9.85. The molecule has 0 aliphatic rings. The lowest BCUT2D eigenvalue weighted by Crippen LogP contribution is -2.30. The fourth-order valence-corrected chi connectivity index (χ4v) is 2.89. The predicted molar refractivity (Wildman–Crippen MR) is 108 cm³/mol. The third-order valence-corrected chi connectivity index (χ3v) is 4.69. The van der Waals surface area contributed by atoms with Gasteiger partial charge in [0, 0.05) is 11.3 Å². The second-order valence-corrected chi connectivity index (χ2v) is 6.60. The molecular formula is C22H26N2O4. The van der Waals surface area contributed by atoms with Crippen molar-refractivity contribution < 1.29 is 19.1 Å². The number of carbonyl (C=O) groups is 3. The Kier molecular flexibility index (Phi) is 7.75. The third kappa shape index (κ3) is 5.67. The number of esters is 1. The lowest BCUT2D eigenvalue weighted by molar-refractivity contribution is -0.139. The first-order valence-corrected chi connectivity index (χ1v) is 9.27. The van der Waals surface area contributed by atoms with Crippen molar-refractivity contribution in [2.24, 2.45) is 5.92 Å². The Morgan fingerprint density at radius 2 is 1.64 bits per heavy atom. The second-order valence-electron chi connectivity index (χ2n) is 6.60. The molecular weight excluding hydrogens is 356 g/mol. The van der Waals surface area contributed by atoms with E-state index in [9.17, 15) is 14.4 Å². The maximum Gasteiger partial charge on any atom is 0.325 e. The van der Waals surface area contributed by atoms with Crippen LogP contribution in [0.4, 0.5) is 5.69 Å². The number of amides is 2. The summed E-state index contributed by atoms with van der Waals surface area (Å²) in [6.45, 7) is 3.93. The molecule has 6 heteroatoms. The minimum atomic E-state index is -0.519. The normalized spacial score (nSPS) is 12.5. The van der Waals surface area contributed by atoms with Crippen LogP contribution in [0.3, 0.4) is 0 Å². The van der Waals surface area contributed by atoms with Crippen molar-refractivity contribution in [2.75, 3.05) is 19.0 Å². The summed E-state index contributed by atoms with van der Waals surface area (Å²) in [5, 5.41) is 5.41. The van der Waals surface area contributed by atoms with E-state index in [4.69, 9.17) is 0 Å². The smallest absolute Gasteiger partial charge is 0.325 e. The number of carbonyl (C=O) groups excluding carboxylic acids is 3. The number of anilines is 1. The number of methoxy groups -OCH3 is 1. The van der Waals surface area contributed by atoms with Crippen molar-refractivity contribution in [3.63, 3.8) is 0 Å². The van der Waals surface area contributed by atoms with Crippen molar-refractivity contribution >= 4 is 23.5 Å². The molecule has 0 saturated carbocycles. The van der Waals surface area contributed by atoms with Crippen LogP contribution < -0.4 is 10.6 Å². The highest BCUT2D eigenvalue weighted by atomic mass is 16.5. The molecule has 0 saturated heterocycles. The largest absolute Gasteiger partial charge is 0.468 e. The predicted octanol–water partition coefficient (Wildman–Crippen LogP) is 3.36. The fourth-order valence-electron chi connectivity index (χ4n) is 2.89. The van der Waals surface area contributed by atoms with Crippen LogP contribution in [0.2, 0.25) is 0 Å². The highest BCUT2D eigenvalue weighted by molar-refractivity contribution is 5.98. The van der Waals surface area contributed by atoms with Crippen LogP contribution in [0.15, 0.2) is 54.6 Å². The minimum Gasteiger partial charge on any atom is -0.468 e. The Balaban J connectivity index is 2.06. The first-order valence-electron chi connectivity index (χ1n) is 9.27. The van der Waals surface area contributed by atoms with Crippen molar-refractivity contribution in [1.82, 2.24) is 5.32 Å². The molecule has 2 unspecified atom stereocenters. The Bertz CT molecular complexity index is 803. The quantitative estimate of drug-likeness (QED) is 0.686. The van der Waals surface area contributed by atoms with Crippen LogP contribution in [0.25, 0.3) is 0 Å². The molecule has 2 rings (SSSR count). The zero-order valence-corrected chi connectivity index (χ0v) is 16.4. The summed E-state index contributed by atoms with van der Waals surface area (Å²) in [4.78, 5) is 36.0. The monoisotopic (exact) mass is 382 g/mol. The molecule has 0 heterocycles. The van der Waals surface area contributed by atoms with Gasteiger partial charge in [-0.15, -0.1) is 0 Å². The average molecular weight is 382 g/mol. The van der Waals surface area contributed by atoms with Crippen molar-refractivity contribution in [3.8, 4) is 0 Å². The zero-order chi connectivity index (χ0) is 20.5. The molecule has 6 nitrogen and oxygen atoms in total. The molecule has 0 fully saturated rings. The second kappa shape index (κ2) is 10.3. The Hall–Kier alpha value is -3.15. The summed E-state index contributed by atoms with van der Waals surface area (Å²) in [6, 6.07) is 16.3. The number of hydrogen-bond donors (Lipinski definition) is 2. The summed E-state index contributed by atoms with van der Waals surface area (Å²) >= 11 is 0. The van der Waals surface area contributed by atoms with E-state index in [1.54, 1.807) is 24.3 Å². The van der Waals surface area contributed by atoms with Crippen molar-refractivity contribution in [2.45, 2.75) is 26.2 Å². The Labute approximate surface area is 165 Å². The molecule has 0 aliphatic heterocycles. The van der Waals surface area contributed by atoms with Crippen LogP contribution in [0.5, 0.6) is 0 Å². The van der Waals surface area contributed by atoms with Gasteiger partial charge in [0.05, 0.1) is 13.0 Å². The van der Waals surface area contributed by atoms with Gasteiger partial charge >= 0.3 is 5.97 Å². The summed E-state index contributed by atoms with van der Waals surface area (Å²) in [5.41, 5.74) is 1.98. The minimum absolute atomic E-state index is 0.0801. The van der Waals surface area contributed by atoms with Crippen LogP contribution in [0.1, 0.15) is 42.1 Å². The van der Waals surface area contributed by atoms with Gasteiger partial charge in [-0.1, -0.05) is 50.6 Å². The van der Waals surface area contributed by atoms with Gasteiger partial charge in [0.15, 0.2) is 0 Å². The van der Waals surface area contributed by atoms with E-state index in [1.165, 1.54) is 7.11 Å². The van der Waals surface area contributed by atoms with Crippen molar-refractivity contribution in [1.29, 1.82) is 0 Å². The highest BCUT2D eigenvalue weighted by Crippen LogP contribution is 2.28. The molecule has 148 valence electrons. The van der Waals surface area contributed by atoms with Gasteiger partial charge in [-0.05, 0) is 35.7 Å². The number of hydrogen-bond acceptors (Lipinski definition) is 4. The molecule has 2 aromatic carbocycles. The number of rotatable bonds is 8. The highest BCUT2D eigenvalue weighted by Gasteiger charge is 2.25. The van der Waals surface area contributed by atoms with Gasteiger partial charge in [-0.3, -0.25) is 14.4 Å². The first-order chi connectivity index (χ1) is 13.5. The summed E-state index contributed by atoms with van der Waals surface area (Å²) in [6.07, 6.45) is 0.881. The van der Waals surface area contributed by atoms with E-state index in [-0.39, 0.29) is 30.2 Å². The van der Waals surface area contributed by atoms with Gasteiger partial charge in [0.2, 0.25) is 5.91 Å². The third-order valence-electron chi connectivity index (χ3n) is 4.69. The first kappa shape index (κ1) is 21.2. The molecule has 0 spiro atoms. The van der Waals surface area contributed by atoms with E-state index in [0.717, 1.165) is 12.0 Å². The number of nitrogens with one attached hydrogen (secondary N) is 2. The number of ether oxygens (including phenoxy) is 1. The molecule has 2 atom stereocenters. The van der Waals surface area contributed by atoms with Crippen molar-refractivity contribution in [3.05, 3.63) is 65.7 Å². The lowest BCUT2D eigenvalue weighted by Gasteiger charge is -2.23. The van der Waals surface area contributed by atoms with Crippen LogP contribution in [-0.2, 0) is 14.3 Å². The Morgan fingerprint density at radius 3 is 2.21 bits per heavy atom. The summed E-state index contributed by atoms with van der Waals surface area (Å²) in [7, 11) is 1.26. The molecule has 28 heavy (non-hydrogen) atoms. The average Bonchev–Trinajstić information content (AvgIpc) is 2.73. The van der Waals surface area contributed by atoms with Gasteiger partial charge < -0.3 is 15.4 Å². The molecule has 2 amide bonds. The van der Waals surface area contributed by atoms with Gasteiger partial charge in [0.25, 0.3) is 5.91 Å². The fraction of sp³-hybridized carbons (Fsp3) is 0.318. The molecule has 0 aliphatic carbocycles. The topological polar surface area (TPSA) is 84.5 Å². The Morgan fingerprint density at radius 1 is 1.00 bits per heavy atom. The number of benzene rings is 2. The molecule has 2 N–H and O–H groups in total. The van der Waals surface area contributed by atoms with E-state index in [0.29, 0.717) is 11.3 Å². The van der Waals surface area contributed by atoms with Crippen LogP contribution in [-0.4, -0.2) is 31.4 Å². The zero-order valence-electron chi connectivity index (χ0n) is 16.4. The SMILES string of the molecule is CCC(C)C(C(=O)Nc1ccc(C(=O)NCC(=O)OC)cc1)c1ccccc1. The van der Waals surface area contributed by atoms with Crippen LogP contribution in [0, 0.1) is 5.92 Å². The standard InChI is InChI=1S/C22H26N2O4/c1-4-15(2)20(16-8-6-5-7-9-16)22(27)24-18-12-10-17(11-13-18)21(26)23-14-19(25)28-3/h5-13,15,20H,4,14H2,1-3H3,(H,23,26)(H,24,27). The molecule has 0 radical (unpaired) electrons. The maximum absolute atomic E-state index is 12.9. The molecule has 0 bridgehead atoms. The van der Waals surface area contributed by atoms with Gasteiger partial charge in [0.1, 0.15) is 6.54 Å². The molecule has 0 aromatic heterocycles. The van der Waals surface area contributed by atoms with Crippen LogP contribution >= 0.6 is 0 Å². The van der Waals surface area contributed by atoms with E-state index in [1.807, 2.05) is 30.3 Å². The van der Waals surface area contributed by atoms with Gasteiger partial charge in [-0.2, -0.15) is 0 Å². The van der Waals surface area contributed by atoms with E-state index < -0.39 is 5.97 Å². The van der Waals surface area contributed by atoms with E-state index in [2.05, 4.69) is 29.2 Å². The van der Waals surface area contributed by atoms with Gasteiger partial charge in [-0.25, -0.2) is 0 Å². The molecule has 2 aromatic rings. The summed E-state index contributed by atoms with van der Waals surface area (Å²) in [5.74, 6) is -1.05. The maximum atomic E-state index is 12.9. The summed E-state index contributed by atoms with van der Waals surface area (Å²) < 4.78 is 4.49.